The molecule has 0 spiro atoms. The van der Waals surface area contributed by atoms with Crippen LogP contribution in [-0.4, -0.2) is 18.6 Å². The van der Waals surface area contributed by atoms with Crippen molar-refractivity contribution in [1.82, 2.24) is 0 Å². The second kappa shape index (κ2) is 6.20. The van der Waals surface area contributed by atoms with E-state index in [0.29, 0.717) is 18.0 Å². The molecule has 0 radical (unpaired) electrons. The standard InChI is InChI=1S/C12H17FN2O2/c1-3-17-11-7-9(13)4-5-10(11)15-12(16)6-8(2)14/h4-5,7-8H,3,6,14H2,1-2H3,(H,15,16). The van der Waals surface area contributed by atoms with Crippen LogP contribution >= 0.6 is 0 Å². The molecule has 1 aromatic rings. The van der Waals surface area contributed by atoms with Crippen molar-refractivity contribution in [2.45, 2.75) is 26.3 Å². The molecule has 0 bridgehead atoms. The van der Waals surface area contributed by atoms with E-state index in [9.17, 15) is 9.18 Å². The van der Waals surface area contributed by atoms with E-state index in [4.69, 9.17) is 10.5 Å². The van der Waals surface area contributed by atoms with Crippen LogP contribution in [0.25, 0.3) is 0 Å². The Hall–Kier alpha value is -1.62. The summed E-state index contributed by atoms with van der Waals surface area (Å²) in [4.78, 5) is 11.5. The zero-order chi connectivity index (χ0) is 12.8. The Morgan fingerprint density at radius 3 is 2.88 bits per heavy atom. The van der Waals surface area contributed by atoms with Gasteiger partial charge in [0, 0.05) is 18.5 Å². The summed E-state index contributed by atoms with van der Waals surface area (Å²) in [6.45, 7) is 3.94. The molecule has 0 fully saturated rings. The average Bonchev–Trinajstić information content (AvgIpc) is 2.21. The van der Waals surface area contributed by atoms with Gasteiger partial charge in [-0.15, -0.1) is 0 Å². The van der Waals surface area contributed by atoms with Gasteiger partial charge in [-0.1, -0.05) is 0 Å². The summed E-state index contributed by atoms with van der Waals surface area (Å²) in [5.41, 5.74) is 5.97. The Labute approximate surface area is 100.0 Å². The predicted molar refractivity (Wildman–Crippen MR) is 64.5 cm³/mol. The van der Waals surface area contributed by atoms with Gasteiger partial charge in [0.25, 0.3) is 0 Å². The van der Waals surface area contributed by atoms with Crippen molar-refractivity contribution in [3.63, 3.8) is 0 Å². The molecule has 4 nitrogen and oxygen atoms in total. The van der Waals surface area contributed by atoms with Gasteiger partial charge in [-0.3, -0.25) is 4.79 Å². The number of halogens is 1. The Balaban J connectivity index is 2.79. The lowest BCUT2D eigenvalue weighted by atomic mass is 10.2. The highest BCUT2D eigenvalue weighted by Gasteiger charge is 2.10. The van der Waals surface area contributed by atoms with Gasteiger partial charge in [0.1, 0.15) is 11.6 Å². The molecule has 0 saturated carbocycles. The minimum Gasteiger partial charge on any atom is -0.492 e. The first-order valence-corrected chi connectivity index (χ1v) is 5.50. The lowest BCUT2D eigenvalue weighted by Crippen LogP contribution is -2.24. The molecule has 3 N–H and O–H groups in total. The van der Waals surface area contributed by atoms with Crippen LogP contribution in [0.5, 0.6) is 5.75 Å². The molecule has 0 aliphatic carbocycles. The number of hydrogen-bond acceptors (Lipinski definition) is 3. The van der Waals surface area contributed by atoms with E-state index in [1.165, 1.54) is 18.2 Å². The lowest BCUT2D eigenvalue weighted by Gasteiger charge is -2.12. The maximum atomic E-state index is 13.0. The number of carbonyl (C=O) groups is 1. The third kappa shape index (κ3) is 4.40. The third-order valence-corrected chi connectivity index (χ3v) is 2.02. The molecular formula is C12H17FN2O2. The van der Waals surface area contributed by atoms with Crippen LogP contribution in [0.1, 0.15) is 20.3 Å². The number of amides is 1. The van der Waals surface area contributed by atoms with Crippen LogP contribution < -0.4 is 15.8 Å². The second-order valence-electron chi connectivity index (χ2n) is 3.80. The molecule has 5 heteroatoms. The van der Waals surface area contributed by atoms with Crippen LogP contribution in [0.4, 0.5) is 10.1 Å². The molecule has 0 heterocycles. The Morgan fingerprint density at radius 1 is 1.59 bits per heavy atom. The first-order valence-electron chi connectivity index (χ1n) is 5.50. The van der Waals surface area contributed by atoms with E-state index in [0.717, 1.165) is 0 Å². The minimum absolute atomic E-state index is 0.211. The molecular weight excluding hydrogens is 223 g/mol. The van der Waals surface area contributed by atoms with E-state index >= 15 is 0 Å². The molecule has 0 aliphatic rings. The first-order chi connectivity index (χ1) is 8.02. The molecule has 1 amide bonds. The molecule has 0 saturated heterocycles. The zero-order valence-corrected chi connectivity index (χ0v) is 10.00. The maximum Gasteiger partial charge on any atom is 0.226 e. The van der Waals surface area contributed by atoms with Crippen molar-refractivity contribution in [3.05, 3.63) is 24.0 Å². The molecule has 17 heavy (non-hydrogen) atoms. The fourth-order valence-electron chi connectivity index (χ4n) is 1.37. The molecule has 0 aromatic heterocycles. The zero-order valence-electron chi connectivity index (χ0n) is 10.00. The molecule has 1 atom stereocenters. The predicted octanol–water partition coefficient (Wildman–Crippen LogP) is 1.90. The Kier molecular flexibility index (Phi) is 4.90. The summed E-state index contributed by atoms with van der Waals surface area (Å²) < 4.78 is 18.2. The summed E-state index contributed by atoms with van der Waals surface area (Å²) in [5.74, 6) is -0.295. The van der Waals surface area contributed by atoms with Crippen LogP contribution in [0.15, 0.2) is 18.2 Å². The van der Waals surface area contributed by atoms with E-state index in [-0.39, 0.29) is 18.4 Å². The fraction of sp³-hybridized carbons (Fsp3) is 0.417. The van der Waals surface area contributed by atoms with Crippen molar-refractivity contribution in [2.24, 2.45) is 5.73 Å². The summed E-state index contributed by atoms with van der Waals surface area (Å²) in [5, 5.41) is 2.64. The van der Waals surface area contributed by atoms with Crippen molar-refractivity contribution < 1.29 is 13.9 Å². The molecule has 0 aliphatic heterocycles. The largest absolute Gasteiger partial charge is 0.492 e. The SMILES string of the molecule is CCOc1cc(F)ccc1NC(=O)CC(C)N. The average molecular weight is 240 g/mol. The van der Waals surface area contributed by atoms with Gasteiger partial charge in [0.15, 0.2) is 0 Å². The number of benzene rings is 1. The van der Waals surface area contributed by atoms with Crippen LogP contribution in [0, 0.1) is 5.82 Å². The van der Waals surface area contributed by atoms with Gasteiger partial charge in [0.05, 0.1) is 12.3 Å². The van der Waals surface area contributed by atoms with Gasteiger partial charge in [0.2, 0.25) is 5.91 Å². The van der Waals surface area contributed by atoms with Crippen LogP contribution in [0.2, 0.25) is 0 Å². The lowest BCUT2D eigenvalue weighted by molar-refractivity contribution is -0.116. The molecule has 1 aromatic carbocycles. The first kappa shape index (κ1) is 13.4. The van der Waals surface area contributed by atoms with Crippen molar-refractivity contribution in [1.29, 1.82) is 0 Å². The Morgan fingerprint density at radius 2 is 2.29 bits per heavy atom. The third-order valence-electron chi connectivity index (χ3n) is 2.02. The van der Waals surface area contributed by atoms with E-state index in [1.54, 1.807) is 13.8 Å². The number of nitrogens with one attached hydrogen (secondary N) is 1. The van der Waals surface area contributed by atoms with Crippen molar-refractivity contribution in [2.75, 3.05) is 11.9 Å². The summed E-state index contributed by atoms with van der Waals surface area (Å²) >= 11 is 0. The number of rotatable bonds is 5. The highest BCUT2D eigenvalue weighted by atomic mass is 19.1. The summed E-state index contributed by atoms with van der Waals surface area (Å²) in [6.07, 6.45) is 0.211. The smallest absolute Gasteiger partial charge is 0.226 e. The summed E-state index contributed by atoms with van der Waals surface area (Å²) in [7, 11) is 0. The van der Waals surface area contributed by atoms with Crippen LogP contribution in [0.3, 0.4) is 0 Å². The number of ether oxygens (including phenoxy) is 1. The number of anilines is 1. The summed E-state index contributed by atoms with van der Waals surface area (Å²) in [6, 6.07) is 3.76. The topological polar surface area (TPSA) is 64.3 Å². The van der Waals surface area contributed by atoms with Gasteiger partial charge in [-0.2, -0.15) is 0 Å². The van der Waals surface area contributed by atoms with Crippen molar-refractivity contribution in [3.8, 4) is 5.75 Å². The van der Waals surface area contributed by atoms with E-state index < -0.39 is 5.82 Å². The highest BCUT2D eigenvalue weighted by molar-refractivity contribution is 5.92. The maximum absolute atomic E-state index is 13.0. The van der Waals surface area contributed by atoms with E-state index in [2.05, 4.69) is 5.32 Å². The Bertz CT molecular complexity index is 394. The number of hydrogen-bond donors (Lipinski definition) is 2. The van der Waals surface area contributed by atoms with Crippen molar-refractivity contribution >= 4 is 11.6 Å². The van der Waals surface area contributed by atoms with Gasteiger partial charge in [-0.25, -0.2) is 4.39 Å². The van der Waals surface area contributed by atoms with Gasteiger partial charge in [-0.05, 0) is 26.0 Å². The molecule has 1 unspecified atom stereocenters. The van der Waals surface area contributed by atoms with E-state index in [1.807, 2.05) is 0 Å². The monoisotopic (exact) mass is 240 g/mol. The second-order valence-corrected chi connectivity index (χ2v) is 3.80. The molecule has 1 rings (SSSR count). The number of carbonyl (C=O) groups excluding carboxylic acids is 1. The van der Waals surface area contributed by atoms with Gasteiger partial charge >= 0.3 is 0 Å². The molecule has 94 valence electrons. The quantitative estimate of drug-likeness (QED) is 0.826. The minimum atomic E-state index is -0.404. The normalized spacial score (nSPS) is 12.0. The van der Waals surface area contributed by atoms with Gasteiger partial charge < -0.3 is 15.8 Å². The highest BCUT2D eigenvalue weighted by Crippen LogP contribution is 2.25. The fourth-order valence-corrected chi connectivity index (χ4v) is 1.37. The number of nitrogens with two attached hydrogens (primary N) is 1. The van der Waals surface area contributed by atoms with Crippen LogP contribution in [-0.2, 0) is 4.79 Å².